The fraction of sp³-hybridized carbons (Fsp3) is 0.368. The minimum atomic E-state index is 0.662. The van der Waals surface area contributed by atoms with E-state index in [1.54, 1.807) is 0 Å². The maximum absolute atomic E-state index is 3.65. The van der Waals surface area contributed by atoms with Gasteiger partial charge in [-0.1, -0.05) is 37.0 Å². The first-order valence-corrected chi connectivity index (χ1v) is 8.00. The van der Waals surface area contributed by atoms with Crippen LogP contribution in [0.5, 0.6) is 0 Å². The number of rotatable bonds is 4. The van der Waals surface area contributed by atoms with E-state index in [-0.39, 0.29) is 0 Å². The lowest BCUT2D eigenvalue weighted by Crippen LogP contribution is -2.22. The Balaban J connectivity index is 1.59. The van der Waals surface area contributed by atoms with Crippen molar-refractivity contribution in [2.24, 2.45) is 0 Å². The van der Waals surface area contributed by atoms with Gasteiger partial charge in [0.1, 0.15) is 0 Å². The predicted octanol–water partition coefficient (Wildman–Crippen LogP) is 5.48. The molecule has 2 nitrogen and oxygen atoms in total. The second-order valence-corrected chi connectivity index (χ2v) is 6.05. The van der Waals surface area contributed by atoms with E-state index in [0.717, 1.165) is 11.4 Å². The second-order valence-electron chi connectivity index (χ2n) is 6.05. The molecule has 0 radical (unpaired) electrons. The monoisotopic (exact) mass is 280 g/mol. The lowest BCUT2D eigenvalue weighted by atomic mass is 9.95. The van der Waals surface area contributed by atoms with E-state index in [1.165, 1.54) is 43.4 Å². The SMILES string of the molecule is Cc1ccc(Nc2ccc(NC3CCCCC3)cc2)cc1. The average Bonchev–Trinajstić information content (AvgIpc) is 2.53. The summed E-state index contributed by atoms with van der Waals surface area (Å²) in [6.45, 7) is 2.11. The van der Waals surface area contributed by atoms with Gasteiger partial charge >= 0.3 is 0 Å². The average molecular weight is 280 g/mol. The summed E-state index contributed by atoms with van der Waals surface area (Å²) in [6.07, 6.45) is 6.75. The normalized spacial score (nSPS) is 15.7. The summed E-state index contributed by atoms with van der Waals surface area (Å²) in [5, 5.41) is 7.09. The summed E-state index contributed by atoms with van der Waals surface area (Å²) in [5.41, 5.74) is 4.78. The number of aryl methyl sites for hydroxylation is 1. The predicted molar refractivity (Wildman–Crippen MR) is 91.4 cm³/mol. The Bertz CT molecular complexity index is 551. The summed E-state index contributed by atoms with van der Waals surface area (Å²) in [7, 11) is 0. The van der Waals surface area contributed by atoms with Crippen LogP contribution in [0.25, 0.3) is 0 Å². The van der Waals surface area contributed by atoms with E-state index < -0.39 is 0 Å². The molecule has 0 spiro atoms. The minimum Gasteiger partial charge on any atom is -0.382 e. The number of hydrogen-bond acceptors (Lipinski definition) is 2. The van der Waals surface area contributed by atoms with Gasteiger partial charge in [-0.15, -0.1) is 0 Å². The van der Waals surface area contributed by atoms with Crippen LogP contribution in [-0.4, -0.2) is 6.04 Å². The molecular weight excluding hydrogens is 256 g/mol. The highest BCUT2D eigenvalue weighted by Crippen LogP contribution is 2.23. The third-order valence-electron chi connectivity index (χ3n) is 4.20. The largest absolute Gasteiger partial charge is 0.382 e. The molecule has 0 amide bonds. The molecule has 2 heteroatoms. The molecule has 1 aliphatic carbocycles. The maximum atomic E-state index is 3.65. The first kappa shape index (κ1) is 14.0. The highest BCUT2D eigenvalue weighted by Gasteiger charge is 2.12. The zero-order valence-corrected chi connectivity index (χ0v) is 12.7. The third kappa shape index (κ3) is 4.01. The molecule has 21 heavy (non-hydrogen) atoms. The van der Waals surface area contributed by atoms with Crippen molar-refractivity contribution in [1.29, 1.82) is 0 Å². The molecule has 2 N–H and O–H groups in total. The molecular formula is C19H24N2. The summed E-state index contributed by atoms with van der Waals surface area (Å²) in [4.78, 5) is 0. The molecule has 1 fully saturated rings. The lowest BCUT2D eigenvalue weighted by Gasteiger charge is -2.24. The smallest absolute Gasteiger partial charge is 0.0385 e. The van der Waals surface area contributed by atoms with Crippen LogP contribution in [0.4, 0.5) is 17.1 Å². The lowest BCUT2D eigenvalue weighted by molar-refractivity contribution is 0.463. The van der Waals surface area contributed by atoms with Gasteiger partial charge in [0.25, 0.3) is 0 Å². The molecule has 1 aliphatic rings. The van der Waals surface area contributed by atoms with Crippen LogP contribution in [0.2, 0.25) is 0 Å². The topological polar surface area (TPSA) is 24.1 Å². The van der Waals surface area contributed by atoms with Crippen molar-refractivity contribution in [2.45, 2.75) is 45.1 Å². The molecule has 0 aliphatic heterocycles. The van der Waals surface area contributed by atoms with E-state index in [9.17, 15) is 0 Å². The Morgan fingerprint density at radius 1 is 0.714 bits per heavy atom. The Labute approximate surface area is 127 Å². The van der Waals surface area contributed by atoms with Crippen molar-refractivity contribution in [2.75, 3.05) is 10.6 Å². The van der Waals surface area contributed by atoms with Gasteiger partial charge in [-0.25, -0.2) is 0 Å². The van der Waals surface area contributed by atoms with Crippen molar-refractivity contribution in [1.82, 2.24) is 0 Å². The molecule has 0 heterocycles. The van der Waals surface area contributed by atoms with Gasteiger partial charge in [-0.2, -0.15) is 0 Å². The number of anilines is 3. The van der Waals surface area contributed by atoms with Gasteiger partial charge in [0.2, 0.25) is 0 Å². The molecule has 2 aromatic rings. The van der Waals surface area contributed by atoms with Crippen LogP contribution < -0.4 is 10.6 Å². The van der Waals surface area contributed by atoms with Crippen LogP contribution in [0.3, 0.4) is 0 Å². The second kappa shape index (κ2) is 6.66. The minimum absolute atomic E-state index is 0.662. The third-order valence-corrected chi connectivity index (χ3v) is 4.20. The first-order chi connectivity index (χ1) is 10.3. The molecule has 3 rings (SSSR count). The molecule has 0 atom stereocenters. The van der Waals surface area contributed by atoms with Gasteiger partial charge in [-0.05, 0) is 56.2 Å². The Morgan fingerprint density at radius 3 is 1.86 bits per heavy atom. The highest BCUT2D eigenvalue weighted by atomic mass is 14.9. The summed E-state index contributed by atoms with van der Waals surface area (Å²) >= 11 is 0. The fourth-order valence-corrected chi connectivity index (χ4v) is 2.94. The van der Waals surface area contributed by atoms with Crippen LogP contribution in [0, 0.1) is 6.92 Å². The molecule has 110 valence electrons. The molecule has 0 unspecified atom stereocenters. The van der Waals surface area contributed by atoms with Crippen LogP contribution in [0.1, 0.15) is 37.7 Å². The number of hydrogen-bond donors (Lipinski definition) is 2. The molecule has 1 saturated carbocycles. The standard InChI is InChI=1S/C19H24N2/c1-15-7-9-17(10-8-15)21-19-13-11-18(12-14-19)20-16-5-3-2-4-6-16/h7-14,16,20-21H,2-6H2,1H3. The van der Waals surface area contributed by atoms with Crippen LogP contribution in [0.15, 0.2) is 48.5 Å². The van der Waals surface area contributed by atoms with E-state index in [0.29, 0.717) is 6.04 Å². The Morgan fingerprint density at radius 2 is 1.24 bits per heavy atom. The van der Waals surface area contributed by atoms with E-state index in [2.05, 4.69) is 66.1 Å². The summed E-state index contributed by atoms with van der Waals surface area (Å²) in [5.74, 6) is 0. The van der Waals surface area contributed by atoms with Gasteiger partial charge < -0.3 is 10.6 Å². The summed E-state index contributed by atoms with van der Waals surface area (Å²) in [6, 6.07) is 17.8. The number of benzene rings is 2. The first-order valence-electron chi connectivity index (χ1n) is 8.00. The van der Waals surface area contributed by atoms with Crippen molar-refractivity contribution in [3.8, 4) is 0 Å². The van der Waals surface area contributed by atoms with Crippen molar-refractivity contribution < 1.29 is 0 Å². The maximum Gasteiger partial charge on any atom is 0.0385 e. The Hall–Kier alpha value is -1.96. The van der Waals surface area contributed by atoms with Crippen LogP contribution in [-0.2, 0) is 0 Å². The highest BCUT2D eigenvalue weighted by molar-refractivity contribution is 5.62. The zero-order chi connectivity index (χ0) is 14.5. The van der Waals surface area contributed by atoms with E-state index in [1.807, 2.05) is 0 Å². The zero-order valence-electron chi connectivity index (χ0n) is 12.7. The van der Waals surface area contributed by atoms with E-state index in [4.69, 9.17) is 0 Å². The van der Waals surface area contributed by atoms with Crippen molar-refractivity contribution in [3.63, 3.8) is 0 Å². The van der Waals surface area contributed by atoms with Gasteiger partial charge in [-0.3, -0.25) is 0 Å². The molecule has 2 aromatic carbocycles. The van der Waals surface area contributed by atoms with Crippen LogP contribution >= 0.6 is 0 Å². The van der Waals surface area contributed by atoms with Gasteiger partial charge in [0, 0.05) is 23.1 Å². The summed E-state index contributed by atoms with van der Waals surface area (Å²) < 4.78 is 0. The Kier molecular flexibility index (Phi) is 4.44. The van der Waals surface area contributed by atoms with Gasteiger partial charge in [0.15, 0.2) is 0 Å². The van der Waals surface area contributed by atoms with E-state index >= 15 is 0 Å². The fourth-order valence-electron chi connectivity index (χ4n) is 2.94. The van der Waals surface area contributed by atoms with Gasteiger partial charge in [0.05, 0.1) is 0 Å². The molecule has 0 bridgehead atoms. The quantitative estimate of drug-likeness (QED) is 0.774. The number of nitrogens with one attached hydrogen (secondary N) is 2. The van der Waals surface area contributed by atoms with Crippen molar-refractivity contribution >= 4 is 17.1 Å². The molecule has 0 aromatic heterocycles. The van der Waals surface area contributed by atoms with Crippen molar-refractivity contribution in [3.05, 3.63) is 54.1 Å². The molecule has 0 saturated heterocycles.